The molecule has 0 saturated carbocycles. The molecule has 212 valence electrons. The second-order valence-electron chi connectivity index (χ2n) is 10.5. The second-order valence-corrected chi connectivity index (χ2v) is 10.5. The van der Waals surface area contributed by atoms with Gasteiger partial charge in [-0.05, 0) is 48.6 Å². The number of rotatable bonds is 18. The number of benzene rings is 2. The van der Waals surface area contributed by atoms with Gasteiger partial charge < -0.3 is 0 Å². The van der Waals surface area contributed by atoms with Crippen LogP contribution in [-0.2, 0) is 0 Å². The van der Waals surface area contributed by atoms with E-state index in [9.17, 15) is 0 Å². The van der Waals surface area contributed by atoms with E-state index < -0.39 is 0 Å². The van der Waals surface area contributed by atoms with Crippen molar-refractivity contribution in [1.82, 2.24) is 0 Å². The lowest BCUT2D eigenvalue weighted by Crippen LogP contribution is -1.87. The van der Waals surface area contributed by atoms with E-state index in [1.165, 1.54) is 101 Å². The number of allylic oxidation sites excluding steroid dienone is 4. The standard InChI is InChI=1S/C18H28.C10H12.C10H20/c1-3-4-5-6-7-8-9-11-14-17(2)18-15-12-10-13-16-18;1-3-9(2)10-7-5-4-6-8-10;1-3-5-7-9-10-8-6-4-2/h10-17H,3-9H2,1-2H3;3-9H,1H2,2H3;3H,1,4-10H2,2H3. The Balaban J connectivity index is 0.000000584. The third-order valence-electron chi connectivity index (χ3n) is 6.92. The summed E-state index contributed by atoms with van der Waals surface area (Å²) >= 11 is 0. The molecule has 0 nitrogen and oxygen atoms in total. The molecule has 0 aliphatic carbocycles. The fourth-order valence-electron chi connectivity index (χ4n) is 4.17. The molecule has 0 N–H and O–H groups in total. The first-order valence-electron chi connectivity index (χ1n) is 15.6. The van der Waals surface area contributed by atoms with Gasteiger partial charge in [-0.3, -0.25) is 0 Å². The predicted molar refractivity (Wildman–Crippen MR) is 175 cm³/mol. The third-order valence-corrected chi connectivity index (χ3v) is 6.92. The molecule has 0 aliphatic heterocycles. The molecule has 0 aliphatic rings. The Bertz CT molecular complexity index is 770. The largest absolute Gasteiger partial charge is 0.103 e. The average Bonchev–Trinajstić information content (AvgIpc) is 2.97. The van der Waals surface area contributed by atoms with Crippen LogP contribution in [0.25, 0.3) is 0 Å². The van der Waals surface area contributed by atoms with Crippen LogP contribution in [0, 0.1) is 0 Å². The van der Waals surface area contributed by atoms with Crippen LogP contribution >= 0.6 is 0 Å². The summed E-state index contributed by atoms with van der Waals surface area (Å²) in [6.07, 6.45) is 27.8. The molecule has 0 spiro atoms. The van der Waals surface area contributed by atoms with Crippen LogP contribution in [0.3, 0.4) is 0 Å². The molecule has 0 saturated heterocycles. The molecule has 2 atom stereocenters. The summed E-state index contributed by atoms with van der Waals surface area (Å²) in [5.74, 6) is 1.02. The fourth-order valence-corrected chi connectivity index (χ4v) is 4.17. The molecular formula is C38H60. The van der Waals surface area contributed by atoms with Gasteiger partial charge in [0.25, 0.3) is 0 Å². The second kappa shape index (κ2) is 27.7. The monoisotopic (exact) mass is 516 g/mol. The SMILES string of the molecule is C=CC(C)c1ccccc1.C=CCCCCCCCC.CCCCCCCCC=CC(C)c1ccccc1. The third kappa shape index (κ3) is 21.7. The van der Waals surface area contributed by atoms with Crippen molar-refractivity contribution < 1.29 is 0 Å². The Morgan fingerprint density at radius 2 is 0.974 bits per heavy atom. The first-order chi connectivity index (χ1) is 18.6. The molecule has 0 heteroatoms. The van der Waals surface area contributed by atoms with Crippen molar-refractivity contribution in [2.75, 3.05) is 0 Å². The van der Waals surface area contributed by atoms with Gasteiger partial charge in [0.2, 0.25) is 0 Å². The zero-order valence-corrected chi connectivity index (χ0v) is 25.6. The van der Waals surface area contributed by atoms with Gasteiger partial charge >= 0.3 is 0 Å². The zero-order valence-electron chi connectivity index (χ0n) is 25.6. The van der Waals surface area contributed by atoms with E-state index in [4.69, 9.17) is 0 Å². The van der Waals surface area contributed by atoms with Gasteiger partial charge in [0.05, 0.1) is 0 Å². The Kier molecular flexibility index (Phi) is 26.0. The highest BCUT2D eigenvalue weighted by molar-refractivity contribution is 5.23. The summed E-state index contributed by atoms with van der Waals surface area (Å²) in [4.78, 5) is 0. The lowest BCUT2D eigenvalue weighted by molar-refractivity contribution is 0.611. The van der Waals surface area contributed by atoms with Gasteiger partial charge in [-0.1, -0.05) is 177 Å². The van der Waals surface area contributed by atoms with Gasteiger partial charge in [0, 0.05) is 0 Å². The molecule has 2 aromatic rings. The molecule has 2 rings (SSSR count). The summed E-state index contributed by atoms with van der Waals surface area (Å²) in [6, 6.07) is 21.1. The topological polar surface area (TPSA) is 0 Å². The maximum atomic E-state index is 3.74. The molecule has 2 aromatic carbocycles. The first kappa shape index (κ1) is 35.7. The summed E-state index contributed by atoms with van der Waals surface area (Å²) in [5.41, 5.74) is 2.74. The molecule has 0 bridgehead atoms. The highest BCUT2D eigenvalue weighted by Gasteiger charge is 1.99. The number of hydrogen-bond acceptors (Lipinski definition) is 0. The normalized spacial score (nSPS) is 12.0. The van der Waals surface area contributed by atoms with Crippen molar-refractivity contribution in [3.8, 4) is 0 Å². The van der Waals surface area contributed by atoms with Crippen molar-refractivity contribution in [2.24, 2.45) is 0 Å². The van der Waals surface area contributed by atoms with Gasteiger partial charge in [-0.2, -0.15) is 0 Å². The van der Waals surface area contributed by atoms with E-state index >= 15 is 0 Å². The van der Waals surface area contributed by atoms with Gasteiger partial charge in [0.15, 0.2) is 0 Å². The van der Waals surface area contributed by atoms with E-state index in [1.807, 2.05) is 18.2 Å². The van der Waals surface area contributed by atoms with Crippen LogP contribution in [0.2, 0.25) is 0 Å². The summed E-state index contributed by atoms with van der Waals surface area (Å²) < 4.78 is 0. The van der Waals surface area contributed by atoms with Crippen molar-refractivity contribution in [1.29, 1.82) is 0 Å². The molecule has 0 amide bonds. The first-order valence-corrected chi connectivity index (χ1v) is 15.6. The Morgan fingerprint density at radius 3 is 1.42 bits per heavy atom. The molecule has 2 unspecified atom stereocenters. The highest BCUT2D eigenvalue weighted by atomic mass is 14.0. The summed E-state index contributed by atoms with van der Waals surface area (Å²) in [7, 11) is 0. The van der Waals surface area contributed by atoms with E-state index in [2.05, 4.69) is 108 Å². The number of unbranched alkanes of at least 4 members (excludes halogenated alkanes) is 12. The predicted octanol–water partition coefficient (Wildman–Crippen LogP) is 13.0. The van der Waals surface area contributed by atoms with Crippen molar-refractivity contribution >= 4 is 0 Å². The van der Waals surface area contributed by atoms with Gasteiger partial charge in [-0.15, -0.1) is 13.2 Å². The Morgan fingerprint density at radius 1 is 0.553 bits per heavy atom. The maximum absolute atomic E-state index is 3.74. The van der Waals surface area contributed by atoms with Crippen molar-refractivity contribution in [3.05, 3.63) is 109 Å². The molecular weight excluding hydrogens is 456 g/mol. The Labute approximate surface area is 238 Å². The average molecular weight is 517 g/mol. The van der Waals surface area contributed by atoms with Crippen molar-refractivity contribution in [3.63, 3.8) is 0 Å². The summed E-state index contributed by atoms with van der Waals surface area (Å²) in [5, 5.41) is 0. The van der Waals surface area contributed by atoms with Crippen LogP contribution < -0.4 is 0 Å². The van der Waals surface area contributed by atoms with Crippen molar-refractivity contribution in [2.45, 2.75) is 129 Å². The van der Waals surface area contributed by atoms with E-state index in [0.29, 0.717) is 11.8 Å². The van der Waals surface area contributed by atoms with Crippen LogP contribution in [0.4, 0.5) is 0 Å². The lowest BCUT2D eigenvalue weighted by Gasteiger charge is -2.05. The summed E-state index contributed by atoms with van der Waals surface area (Å²) in [6.45, 7) is 16.4. The minimum Gasteiger partial charge on any atom is -0.103 e. The fraction of sp³-hybridized carbons (Fsp3) is 0.526. The quantitative estimate of drug-likeness (QED) is 0.136. The molecule has 0 heterocycles. The maximum Gasteiger partial charge on any atom is -0.00104 e. The number of hydrogen-bond donors (Lipinski definition) is 0. The lowest BCUT2D eigenvalue weighted by atomic mass is 10.00. The minimum absolute atomic E-state index is 0.473. The smallest absolute Gasteiger partial charge is 0.00104 e. The van der Waals surface area contributed by atoms with Crippen LogP contribution in [0.15, 0.2) is 98.1 Å². The molecule has 0 fully saturated rings. The van der Waals surface area contributed by atoms with Crippen LogP contribution in [0.5, 0.6) is 0 Å². The van der Waals surface area contributed by atoms with Crippen LogP contribution in [0.1, 0.15) is 141 Å². The van der Waals surface area contributed by atoms with Gasteiger partial charge in [-0.25, -0.2) is 0 Å². The van der Waals surface area contributed by atoms with E-state index in [0.717, 1.165) is 0 Å². The highest BCUT2D eigenvalue weighted by Crippen LogP contribution is 2.17. The minimum atomic E-state index is 0.473. The molecule has 0 radical (unpaired) electrons. The van der Waals surface area contributed by atoms with E-state index in [-0.39, 0.29) is 0 Å². The Hall–Kier alpha value is -2.34. The molecule has 38 heavy (non-hydrogen) atoms. The molecule has 0 aromatic heterocycles. The van der Waals surface area contributed by atoms with E-state index in [1.54, 1.807) is 0 Å². The zero-order chi connectivity index (χ0) is 28.1. The van der Waals surface area contributed by atoms with Gasteiger partial charge in [0.1, 0.15) is 0 Å². The van der Waals surface area contributed by atoms with Crippen LogP contribution in [-0.4, -0.2) is 0 Å².